The molecule has 40 heavy (non-hydrogen) atoms. The van der Waals surface area contributed by atoms with E-state index >= 15 is 0 Å². The number of rotatable bonds is 12. The molecule has 0 aromatic carbocycles. The number of hydrogen-bond acceptors (Lipinski definition) is 5. The summed E-state index contributed by atoms with van der Waals surface area (Å²) in [4.78, 5) is 67.8. The summed E-state index contributed by atoms with van der Waals surface area (Å²) < 4.78 is 0. The van der Waals surface area contributed by atoms with Crippen LogP contribution < -0.4 is 21.3 Å². The molecule has 10 heteroatoms. The third-order valence-electron chi connectivity index (χ3n) is 9.72. The maximum atomic E-state index is 14.1. The van der Waals surface area contributed by atoms with Crippen LogP contribution in [0.1, 0.15) is 85.0 Å². The second-order valence-electron chi connectivity index (χ2n) is 12.7. The molecule has 0 spiro atoms. The molecule has 0 bridgehead atoms. The zero-order valence-electron chi connectivity index (χ0n) is 24.3. The lowest BCUT2D eigenvalue weighted by Crippen LogP contribution is -2.60. The first kappa shape index (κ1) is 30.1. The number of nitrogens with zero attached hydrogens (tertiary/aromatic N) is 1. The van der Waals surface area contributed by atoms with Crippen molar-refractivity contribution in [3.63, 3.8) is 0 Å². The van der Waals surface area contributed by atoms with Crippen molar-refractivity contribution in [3.8, 4) is 0 Å². The molecule has 1 heterocycles. The van der Waals surface area contributed by atoms with Gasteiger partial charge in [0.1, 0.15) is 12.1 Å². The summed E-state index contributed by atoms with van der Waals surface area (Å²) in [5.74, 6) is -1.94. The van der Waals surface area contributed by atoms with E-state index in [1.54, 1.807) is 4.90 Å². The summed E-state index contributed by atoms with van der Waals surface area (Å²) in [5, 5.41) is 11.4. The van der Waals surface area contributed by atoms with E-state index in [-0.39, 0.29) is 47.7 Å². The Morgan fingerprint density at radius 2 is 1.65 bits per heavy atom. The van der Waals surface area contributed by atoms with Crippen molar-refractivity contribution >= 4 is 29.5 Å². The number of fused-ring (bicyclic) bond motifs is 1. The predicted molar refractivity (Wildman–Crippen MR) is 151 cm³/mol. The second-order valence-corrected chi connectivity index (χ2v) is 12.7. The molecule has 3 aliphatic carbocycles. The fourth-order valence-corrected chi connectivity index (χ4v) is 7.33. The number of ketones is 1. The lowest BCUT2D eigenvalue weighted by Gasteiger charge is -2.35. The Balaban J connectivity index is 1.50. The maximum absolute atomic E-state index is 14.1. The molecule has 0 aromatic rings. The van der Waals surface area contributed by atoms with Crippen LogP contribution in [-0.4, -0.2) is 71.7 Å². The highest BCUT2D eigenvalue weighted by Gasteiger charge is 2.69. The number of hydrogen-bond donors (Lipinski definition) is 4. The number of urea groups is 1. The molecule has 1 unspecified atom stereocenters. The number of carbonyl (C=O) groups excluding carboxylic acids is 5. The fourth-order valence-electron chi connectivity index (χ4n) is 7.33. The quantitative estimate of drug-likeness (QED) is 0.216. The number of likely N-dealkylation sites (tertiary alicyclic amines) is 1. The van der Waals surface area contributed by atoms with E-state index < -0.39 is 35.7 Å². The first-order valence-corrected chi connectivity index (χ1v) is 15.2. The smallest absolute Gasteiger partial charge is 0.315 e. The van der Waals surface area contributed by atoms with Crippen molar-refractivity contribution in [1.82, 2.24) is 26.2 Å². The topological polar surface area (TPSA) is 137 Å². The Labute approximate surface area is 237 Å². The average molecular weight is 558 g/mol. The minimum absolute atomic E-state index is 0.0263. The standard InChI is InChI=1S/C30H47N5O5/c1-5-11-21(25(36)27(38)31-16-6-2)33-26(37)24-22-20(30(22,3)4)17-35(24)28(39)23(18-12-7-8-13-18)34-29(40)32-19-14-9-10-15-19/h6,18-24H,2,5,7-17H2,1,3-4H3,(H,31,38)(H,33,37)(H2,32,34,40)/t20-,21?,22-,23+,24+/m1/s1. The van der Waals surface area contributed by atoms with Crippen molar-refractivity contribution in [2.75, 3.05) is 13.1 Å². The van der Waals surface area contributed by atoms with Crippen LogP contribution in [0.2, 0.25) is 0 Å². The molecule has 1 aliphatic heterocycles. The van der Waals surface area contributed by atoms with Crippen LogP contribution in [0, 0.1) is 23.2 Å². The third kappa shape index (κ3) is 6.36. The lowest BCUT2D eigenvalue weighted by molar-refractivity contribution is -0.144. The molecule has 5 atom stereocenters. The number of Topliss-reactive ketones (excluding diaryl/α,β-unsaturated/α-hetero) is 1. The molecular weight excluding hydrogens is 510 g/mol. The second kappa shape index (κ2) is 12.7. The van der Waals surface area contributed by atoms with Gasteiger partial charge in [-0.15, -0.1) is 6.58 Å². The Hall–Kier alpha value is -2.91. The molecule has 222 valence electrons. The highest BCUT2D eigenvalue weighted by atomic mass is 16.2. The lowest BCUT2D eigenvalue weighted by atomic mass is 9.94. The van der Waals surface area contributed by atoms with E-state index in [0.717, 1.165) is 51.4 Å². The van der Waals surface area contributed by atoms with Crippen molar-refractivity contribution in [1.29, 1.82) is 0 Å². The molecule has 10 nitrogen and oxygen atoms in total. The zero-order chi connectivity index (χ0) is 29.0. The Morgan fingerprint density at radius 3 is 2.27 bits per heavy atom. The van der Waals surface area contributed by atoms with Crippen LogP contribution in [0.4, 0.5) is 4.79 Å². The van der Waals surface area contributed by atoms with Crippen molar-refractivity contribution in [2.45, 2.75) is 109 Å². The van der Waals surface area contributed by atoms with E-state index in [1.165, 1.54) is 6.08 Å². The van der Waals surface area contributed by atoms with E-state index in [9.17, 15) is 24.0 Å². The largest absolute Gasteiger partial charge is 0.346 e. The van der Waals surface area contributed by atoms with Gasteiger partial charge in [-0.05, 0) is 55.3 Å². The van der Waals surface area contributed by atoms with Crippen molar-refractivity contribution in [2.24, 2.45) is 23.2 Å². The number of piperidine rings is 1. The van der Waals surface area contributed by atoms with Crippen LogP contribution in [0.25, 0.3) is 0 Å². The molecule has 3 saturated carbocycles. The Bertz CT molecular complexity index is 1000. The minimum atomic E-state index is -0.971. The normalized spacial score (nSPS) is 26.9. The van der Waals surface area contributed by atoms with Gasteiger partial charge in [0.05, 0.1) is 6.04 Å². The molecule has 0 radical (unpaired) electrons. The monoisotopic (exact) mass is 557 g/mol. The number of nitrogens with one attached hydrogen (secondary N) is 4. The minimum Gasteiger partial charge on any atom is -0.346 e. The highest BCUT2D eigenvalue weighted by Crippen LogP contribution is 2.65. The van der Waals surface area contributed by atoms with Crippen LogP contribution in [0.5, 0.6) is 0 Å². The van der Waals surface area contributed by atoms with Crippen LogP contribution in [0.3, 0.4) is 0 Å². The number of amides is 5. The molecular formula is C30H47N5O5. The van der Waals surface area contributed by atoms with Gasteiger partial charge in [-0.1, -0.05) is 59.0 Å². The zero-order valence-corrected chi connectivity index (χ0v) is 24.3. The van der Waals surface area contributed by atoms with Gasteiger partial charge < -0.3 is 26.2 Å². The van der Waals surface area contributed by atoms with Crippen LogP contribution in [-0.2, 0) is 19.2 Å². The van der Waals surface area contributed by atoms with Gasteiger partial charge in [-0.3, -0.25) is 19.2 Å². The summed E-state index contributed by atoms with van der Waals surface area (Å²) in [6.07, 6.45) is 10.2. The summed E-state index contributed by atoms with van der Waals surface area (Å²) in [6, 6.07) is -2.60. The van der Waals surface area contributed by atoms with Gasteiger partial charge in [0, 0.05) is 19.1 Å². The maximum Gasteiger partial charge on any atom is 0.315 e. The van der Waals surface area contributed by atoms with E-state index in [4.69, 9.17) is 0 Å². The SMILES string of the molecule is C=CCNC(=O)C(=O)C(CCC)NC(=O)[C@@H]1[C@H]2[C@@H](CN1C(=O)[C@@H](NC(=O)NC1CCCC1)C1CCCC1)C2(C)C. The molecule has 4 fully saturated rings. The van der Waals surface area contributed by atoms with E-state index in [2.05, 4.69) is 41.7 Å². The molecule has 0 aromatic heterocycles. The van der Waals surface area contributed by atoms with Gasteiger partial charge in [-0.25, -0.2) is 4.79 Å². The Kier molecular flexibility index (Phi) is 9.56. The van der Waals surface area contributed by atoms with Gasteiger partial charge >= 0.3 is 6.03 Å². The van der Waals surface area contributed by atoms with Gasteiger partial charge in [0.25, 0.3) is 5.91 Å². The molecule has 4 N–H and O–H groups in total. The predicted octanol–water partition coefficient (Wildman–Crippen LogP) is 2.43. The molecule has 4 rings (SSSR count). The van der Waals surface area contributed by atoms with E-state index in [1.807, 2.05) is 6.92 Å². The molecule has 5 amide bonds. The highest BCUT2D eigenvalue weighted by molar-refractivity contribution is 6.38. The van der Waals surface area contributed by atoms with E-state index in [0.29, 0.717) is 19.4 Å². The summed E-state index contributed by atoms with van der Waals surface area (Å²) in [6.45, 7) is 10.2. The van der Waals surface area contributed by atoms with Gasteiger partial charge in [0.15, 0.2) is 0 Å². The van der Waals surface area contributed by atoms with Gasteiger partial charge in [0.2, 0.25) is 17.6 Å². The number of carbonyl (C=O) groups is 5. The van der Waals surface area contributed by atoms with Crippen molar-refractivity contribution < 1.29 is 24.0 Å². The summed E-state index contributed by atoms with van der Waals surface area (Å²) >= 11 is 0. The average Bonchev–Trinajstić information content (AvgIpc) is 3.54. The third-order valence-corrected chi connectivity index (χ3v) is 9.72. The molecule has 4 aliphatic rings. The first-order valence-electron chi connectivity index (χ1n) is 15.2. The van der Waals surface area contributed by atoms with Gasteiger partial charge in [-0.2, -0.15) is 0 Å². The van der Waals surface area contributed by atoms with Crippen molar-refractivity contribution in [3.05, 3.63) is 12.7 Å². The first-order chi connectivity index (χ1) is 19.1. The fraction of sp³-hybridized carbons (Fsp3) is 0.767. The van der Waals surface area contributed by atoms with Crippen LogP contribution >= 0.6 is 0 Å². The summed E-state index contributed by atoms with van der Waals surface area (Å²) in [7, 11) is 0. The van der Waals surface area contributed by atoms with Crippen LogP contribution in [0.15, 0.2) is 12.7 Å². The molecule has 1 saturated heterocycles. The summed E-state index contributed by atoms with van der Waals surface area (Å²) in [5.41, 5.74) is -0.111. The Morgan fingerprint density at radius 1 is 1.00 bits per heavy atom.